The lowest BCUT2D eigenvalue weighted by Gasteiger charge is -2.11. The highest BCUT2D eigenvalue weighted by Crippen LogP contribution is 2.20. The van der Waals surface area contributed by atoms with Crippen LogP contribution in [0.5, 0.6) is 0 Å². The maximum absolute atomic E-state index is 12.6. The van der Waals surface area contributed by atoms with Gasteiger partial charge in [0.15, 0.2) is 9.84 Å². The highest BCUT2D eigenvalue weighted by molar-refractivity contribution is 7.91. The maximum Gasteiger partial charge on any atom is 0.411 e. The molecule has 11 heteroatoms. The molecule has 0 atom stereocenters. The SMILES string of the molecule is Cc1ccc(S(C)(=O)=O)cc1S(=O)(=O)NCc1ccc(COCC(F)(F)F)cc1. The van der Waals surface area contributed by atoms with Crippen molar-refractivity contribution in [3.8, 4) is 0 Å². The van der Waals surface area contributed by atoms with E-state index in [2.05, 4.69) is 9.46 Å². The van der Waals surface area contributed by atoms with Crippen LogP contribution in [0.1, 0.15) is 16.7 Å². The molecule has 0 unspecified atom stereocenters. The van der Waals surface area contributed by atoms with Gasteiger partial charge in [0.2, 0.25) is 10.0 Å². The molecule has 0 aromatic heterocycles. The lowest BCUT2D eigenvalue weighted by atomic mass is 10.1. The Bertz CT molecular complexity index is 1060. The Hall–Kier alpha value is -1.95. The van der Waals surface area contributed by atoms with E-state index in [0.717, 1.165) is 12.3 Å². The number of nitrogens with one attached hydrogen (secondary N) is 1. The van der Waals surface area contributed by atoms with E-state index in [1.165, 1.54) is 24.3 Å². The molecule has 0 aliphatic heterocycles. The van der Waals surface area contributed by atoms with Crippen molar-refractivity contribution >= 4 is 19.9 Å². The van der Waals surface area contributed by atoms with Gasteiger partial charge in [-0.15, -0.1) is 0 Å². The van der Waals surface area contributed by atoms with Gasteiger partial charge in [-0.2, -0.15) is 13.2 Å². The number of ether oxygens (including phenoxy) is 1. The lowest BCUT2D eigenvalue weighted by molar-refractivity contribution is -0.176. The summed E-state index contributed by atoms with van der Waals surface area (Å²) < 4.78 is 91.7. The van der Waals surface area contributed by atoms with Gasteiger partial charge in [-0.05, 0) is 35.7 Å². The van der Waals surface area contributed by atoms with Crippen LogP contribution < -0.4 is 4.72 Å². The highest BCUT2D eigenvalue weighted by Gasteiger charge is 2.27. The number of sulfonamides is 1. The fourth-order valence-electron chi connectivity index (χ4n) is 2.39. The standard InChI is InChI=1S/C18H20F3NO5S2/c1-13-3-8-16(28(2,23)24)9-17(13)29(25,26)22-10-14-4-6-15(7-5-14)11-27-12-18(19,20)21/h3-9,22H,10-12H2,1-2H3. The molecule has 6 nitrogen and oxygen atoms in total. The number of hydrogen-bond donors (Lipinski definition) is 1. The zero-order valence-electron chi connectivity index (χ0n) is 15.7. The predicted octanol–water partition coefficient (Wildman–Crippen LogP) is 2.96. The second-order valence-corrected chi connectivity index (χ2v) is 10.2. The topological polar surface area (TPSA) is 89.5 Å². The molecule has 0 saturated carbocycles. The molecule has 160 valence electrons. The Balaban J connectivity index is 2.06. The smallest absolute Gasteiger partial charge is 0.367 e. The first-order valence-corrected chi connectivity index (χ1v) is 11.7. The largest absolute Gasteiger partial charge is 0.411 e. The number of aryl methyl sites for hydroxylation is 1. The third-order valence-corrected chi connectivity index (χ3v) is 6.55. The van der Waals surface area contributed by atoms with Crippen LogP contribution in [-0.4, -0.2) is 35.9 Å². The van der Waals surface area contributed by atoms with Crippen molar-refractivity contribution in [3.05, 3.63) is 59.2 Å². The minimum absolute atomic E-state index is 0.0748. The number of rotatable bonds is 8. The summed E-state index contributed by atoms with van der Waals surface area (Å²) in [6, 6.07) is 10.1. The van der Waals surface area contributed by atoms with Gasteiger partial charge in [0.05, 0.1) is 16.4 Å². The number of hydrogen-bond acceptors (Lipinski definition) is 5. The van der Waals surface area contributed by atoms with Crippen molar-refractivity contribution in [1.29, 1.82) is 0 Å². The molecule has 1 N–H and O–H groups in total. The van der Waals surface area contributed by atoms with Crippen molar-refractivity contribution in [2.24, 2.45) is 0 Å². The van der Waals surface area contributed by atoms with E-state index >= 15 is 0 Å². The first-order chi connectivity index (χ1) is 13.3. The van der Waals surface area contributed by atoms with Crippen LogP contribution in [-0.2, 0) is 37.7 Å². The summed E-state index contributed by atoms with van der Waals surface area (Å²) in [5.41, 5.74) is 1.48. The lowest BCUT2D eigenvalue weighted by Crippen LogP contribution is -2.24. The predicted molar refractivity (Wildman–Crippen MR) is 100 cm³/mol. The van der Waals surface area contributed by atoms with Crippen LogP contribution in [0.4, 0.5) is 13.2 Å². The molecule has 2 rings (SSSR count). The summed E-state index contributed by atoms with van der Waals surface area (Å²) in [5, 5.41) is 0. The highest BCUT2D eigenvalue weighted by atomic mass is 32.2. The summed E-state index contributed by atoms with van der Waals surface area (Å²) in [5.74, 6) is 0. The Morgan fingerprint density at radius 2 is 1.55 bits per heavy atom. The van der Waals surface area contributed by atoms with E-state index in [9.17, 15) is 30.0 Å². The van der Waals surface area contributed by atoms with Gasteiger partial charge in [-0.1, -0.05) is 30.3 Å². The molecule has 0 amide bonds. The van der Waals surface area contributed by atoms with E-state index in [0.29, 0.717) is 16.7 Å². The maximum atomic E-state index is 12.6. The molecule has 0 saturated heterocycles. The second-order valence-electron chi connectivity index (χ2n) is 6.45. The number of alkyl halides is 3. The Morgan fingerprint density at radius 1 is 0.966 bits per heavy atom. The minimum Gasteiger partial charge on any atom is -0.367 e. The Kier molecular flexibility index (Phi) is 7.10. The van der Waals surface area contributed by atoms with Crippen LogP contribution in [0.2, 0.25) is 0 Å². The Labute approximate surface area is 167 Å². The van der Waals surface area contributed by atoms with Gasteiger partial charge in [0.1, 0.15) is 6.61 Å². The van der Waals surface area contributed by atoms with Gasteiger partial charge < -0.3 is 4.74 Å². The van der Waals surface area contributed by atoms with Crippen LogP contribution in [0.25, 0.3) is 0 Å². The molecule has 0 fully saturated rings. The minimum atomic E-state index is -4.40. The van der Waals surface area contributed by atoms with Crippen LogP contribution in [0.3, 0.4) is 0 Å². The Morgan fingerprint density at radius 3 is 2.10 bits per heavy atom. The average molecular weight is 451 g/mol. The molecular weight excluding hydrogens is 431 g/mol. The second kappa shape index (κ2) is 8.82. The van der Waals surface area contributed by atoms with Crippen molar-refractivity contribution < 1.29 is 34.7 Å². The molecular formula is C18H20F3NO5S2. The summed E-state index contributed by atoms with van der Waals surface area (Å²) in [4.78, 5) is -0.246. The molecule has 0 heterocycles. The van der Waals surface area contributed by atoms with Crippen LogP contribution in [0.15, 0.2) is 52.3 Å². The molecule has 2 aromatic rings. The molecule has 29 heavy (non-hydrogen) atoms. The fourth-order valence-corrected chi connectivity index (χ4v) is 4.40. The summed E-state index contributed by atoms with van der Waals surface area (Å²) >= 11 is 0. The van der Waals surface area contributed by atoms with E-state index in [-0.39, 0.29) is 22.9 Å². The third kappa shape index (κ3) is 7.11. The van der Waals surface area contributed by atoms with Gasteiger partial charge in [-0.3, -0.25) is 0 Å². The van der Waals surface area contributed by atoms with Crippen LogP contribution >= 0.6 is 0 Å². The van der Waals surface area contributed by atoms with Gasteiger partial charge in [0, 0.05) is 12.8 Å². The molecule has 2 aromatic carbocycles. The van der Waals surface area contributed by atoms with Gasteiger partial charge in [-0.25, -0.2) is 21.6 Å². The molecule has 0 aliphatic rings. The van der Waals surface area contributed by atoms with E-state index < -0.39 is 32.6 Å². The van der Waals surface area contributed by atoms with E-state index in [4.69, 9.17) is 0 Å². The molecule has 0 bridgehead atoms. The fraction of sp³-hybridized carbons (Fsp3) is 0.333. The van der Waals surface area contributed by atoms with Crippen LogP contribution in [0, 0.1) is 6.92 Å². The first kappa shape index (κ1) is 23.3. The van der Waals surface area contributed by atoms with Crippen molar-refractivity contribution in [2.45, 2.75) is 36.0 Å². The third-order valence-electron chi connectivity index (χ3n) is 3.90. The quantitative estimate of drug-likeness (QED) is 0.667. The normalized spacial score (nSPS) is 12.9. The van der Waals surface area contributed by atoms with Gasteiger partial charge >= 0.3 is 6.18 Å². The van der Waals surface area contributed by atoms with E-state index in [1.807, 2.05) is 0 Å². The van der Waals surface area contributed by atoms with Crippen molar-refractivity contribution in [1.82, 2.24) is 4.72 Å². The monoisotopic (exact) mass is 451 g/mol. The number of halogens is 3. The van der Waals surface area contributed by atoms with Crippen molar-refractivity contribution in [3.63, 3.8) is 0 Å². The summed E-state index contributed by atoms with van der Waals surface area (Å²) in [6.45, 7) is -0.0889. The molecule has 0 aliphatic carbocycles. The number of sulfone groups is 1. The zero-order valence-corrected chi connectivity index (χ0v) is 17.3. The van der Waals surface area contributed by atoms with Gasteiger partial charge in [0.25, 0.3) is 0 Å². The van der Waals surface area contributed by atoms with Crippen molar-refractivity contribution in [2.75, 3.05) is 12.9 Å². The first-order valence-electron chi connectivity index (χ1n) is 8.31. The van der Waals surface area contributed by atoms with E-state index in [1.54, 1.807) is 19.1 Å². The summed E-state index contributed by atoms with van der Waals surface area (Å²) in [6.07, 6.45) is -3.41. The zero-order chi connectivity index (χ0) is 21.9. The number of benzene rings is 2. The average Bonchev–Trinajstić information content (AvgIpc) is 2.59. The molecule has 0 spiro atoms. The summed E-state index contributed by atoms with van der Waals surface area (Å²) in [7, 11) is -7.54. The molecule has 0 radical (unpaired) electrons.